The maximum Gasteiger partial charge on any atom is 0.255 e. The van der Waals surface area contributed by atoms with Crippen LogP contribution in [0, 0.1) is 12.8 Å². The molecule has 1 aromatic heterocycles. The van der Waals surface area contributed by atoms with Crippen LogP contribution in [0.2, 0.25) is 0 Å². The summed E-state index contributed by atoms with van der Waals surface area (Å²) in [5.74, 6) is 0.875. The number of amides is 2. The lowest BCUT2D eigenvalue weighted by Crippen LogP contribution is -2.44. The van der Waals surface area contributed by atoms with Gasteiger partial charge in [-0.1, -0.05) is 6.92 Å². The van der Waals surface area contributed by atoms with Crippen LogP contribution in [0.15, 0.2) is 23.3 Å². The molecule has 128 valence electrons. The number of amidine groups is 1. The van der Waals surface area contributed by atoms with Gasteiger partial charge in [-0.15, -0.1) is 0 Å². The molecule has 0 radical (unpaired) electrons. The molecule has 1 saturated carbocycles. The van der Waals surface area contributed by atoms with Crippen molar-refractivity contribution in [1.82, 2.24) is 9.88 Å². The molecule has 1 spiro atoms. The zero-order valence-corrected chi connectivity index (χ0v) is 14.5. The monoisotopic (exact) mass is 328 g/mol. The molecule has 2 aliphatic rings. The lowest BCUT2D eigenvalue weighted by atomic mass is 9.76. The summed E-state index contributed by atoms with van der Waals surface area (Å²) < 4.78 is 0. The summed E-state index contributed by atoms with van der Waals surface area (Å²) in [5, 5.41) is 2.93. The number of nitrogens with one attached hydrogen (secondary N) is 1. The second kappa shape index (κ2) is 6.34. The maximum absolute atomic E-state index is 12.6. The van der Waals surface area contributed by atoms with Gasteiger partial charge in [-0.25, -0.2) is 0 Å². The van der Waals surface area contributed by atoms with E-state index in [4.69, 9.17) is 4.99 Å². The van der Waals surface area contributed by atoms with E-state index in [-0.39, 0.29) is 17.7 Å². The number of anilines is 1. The number of aryl methyl sites for hydroxylation is 1. The Balaban J connectivity index is 1.63. The van der Waals surface area contributed by atoms with Crippen LogP contribution in [-0.2, 0) is 9.59 Å². The fourth-order valence-corrected chi connectivity index (χ4v) is 3.58. The van der Waals surface area contributed by atoms with Crippen LogP contribution in [0.3, 0.4) is 0 Å². The first-order chi connectivity index (χ1) is 11.4. The first-order valence-corrected chi connectivity index (χ1v) is 8.55. The van der Waals surface area contributed by atoms with Crippen molar-refractivity contribution in [3.05, 3.63) is 24.0 Å². The number of hydrogen-bond donors (Lipinski definition) is 1. The third-order valence-corrected chi connectivity index (χ3v) is 5.11. The lowest BCUT2D eigenvalue weighted by Gasteiger charge is -2.32. The number of hydrogen-bond acceptors (Lipinski definition) is 4. The SMILES string of the molecule is CCC1=NC2(CCC(C(=O)Nc3ccc(C)nc3)CC2)C(=O)N1C. The largest absolute Gasteiger partial charge is 0.324 e. The molecule has 0 bridgehead atoms. The number of rotatable bonds is 3. The second-order valence-electron chi connectivity index (χ2n) is 6.73. The predicted octanol–water partition coefficient (Wildman–Crippen LogP) is 2.54. The minimum absolute atomic E-state index is 0.00833. The van der Waals surface area contributed by atoms with Gasteiger partial charge in [0.1, 0.15) is 11.4 Å². The van der Waals surface area contributed by atoms with Gasteiger partial charge in [0.15, 0.2) is 0 Å². The van der Waals surface area contributed by atoms with Crippen molar-refractivity contribution in [1.29, 1.82) is 0 Å². The molecule has 1 aliphatic carbocycles. The van der Waals surface area contributed by atoms with Crippen molar-refractivity contribution in [3.8, 4) is 0 Å². The first kappa shape index (κ1) is 16.6. The van der Waals surface area contributed by atoms with Crippen molar-refractivity contribution in [3.63, 3.8) is 0 Å². The Bertz CT molecular complexity index is 673. The van der Waals surface area contributed by atoms with E-state index in [1.165, 1.54) is 0 Å². The summed E-state index contributed by atoms with van der Waals surface area (Å²) in [6.07, 6.45) is 5.09. The van der Waals surface area contributed by atoms with Gasteiger partial charge in [-0.05, 0) is 44.7 Å². The molecule has 24 heavy (non-hydrogen) atoms. The van der Waals surface area contributed by atoms with Gasteiger partial charge in [0.2, 0.25) is 5.91 Å². The van der Waals surface area contributed by atoms with Gasteiger partial charge in [-0.2, -0.15) is 0 Å². The lowest BCUT2D eigenvalue weighted by molar-refractivity contribution is -0.133. The van der Waals surface area contributed by atoms with Gasteiger partial charge in [-0.3, -0.25) is 19.6 Å². The van der Waals surface area contributed by atoms with Crippen LogP contribution in [-0.4, -0.2) is 40.1 Å². The molecule has 2 heterocycles. The summed E-state index contributed by atoms with van der Waals surface area (Å²) in [6, 6.07) is 3.73. The fraction of sp³-hybridized carbons (Fsp3) is 0.556. The van der Waals surface area contributed by atoms with Gasteiger partial charge >= 0.3 is 0 Å². The average molecular weight is 328 g/mol. The highest BCUT2D eigenvalue weighted by Gasteiger charge is 2.49. The van der Waals surface area contributed by atoms with Gasteiger partial charge in [0.05, 0.1) is 11.9 Å². The summed E-state index contributed by atoms with van der Waals surface area (Å²) in [6.45, 7) is 3.92. The molecule has 1 N–H and O–H groups in total. The number of carbonyl (C=O) groups excluding carboxylic acids is 2. The van der Waals surface area contributed by atoms with Crippen molar-refractivity contribution >= 4 is 23.3 Å². The third-order valence-electron chi connectivity index (χ3n) is 5.11. The number of pyridine rings is 1. The van der Waals surface area contributed by atoms with E-state index in [1.807, 2.05) is 26.0 Å². The van der Waals surface area contributed by atoms with Crippen molar-refractivity contribution < 1.29 is 9.59 Å². The second-order valence-corrected chi connectivity index (χ2v) is 6.73. The molecule has 1 aromatic rings. The van der Waals surface area contributed by atoms with E-state index in [0.29, 0.717) is 31.4 Å². The Morgan fingerprint density at radius 2 is 2.08 bits per heavy atom. The topological polar surface area (TPSA) is 74.7 Å². The van der Waals surface area contributed by atoms with Crippen LogP contribution < -0.4 is 5.32 Å². The van der Waals surface area contributed by atoms with Gasteiger partial charge in [0.25, 0.3) is 5.91 Å². The zero-order chi connectivity index (χ0) is 17.3. The van der Waals surface area contributed by atoms with E-state index < -0.39 is 5.54 Å². The number of nitrogens with zero attached hydrogens (tertiary/aromatic N) is 3. The van der Waals surface area contributed by atoms with Gasteiger partial charge < -0.3 is 10.2 Å². The molecule has 1 aliphatic heterocycles. The molecule has 0 unspecified atom stereocenters. The van der Waals surface area contributed by atoms with Crippen molar-refractivity contribution in [2.24, 2.45) is 10.9 Å². The summed E-state index contributed by atoms with van der Waals surface area (Å²) >= 11 is 0. The van der Waals surface area contributed by atoms with Crippen LogP contribution in [0.25, 0.3) is 0 Å². The molecule has 0 atom stereocenters. The molecule has 0 saturated heterocycles. The third kappa shape index (κ3) is 2.92. The average Bonchev–Trinajstić information content (AvgIpc) is 2.82. The van der Waals surface area contributed by atoms with Gasteiger partial charge in [0, 0.05) is 25.1 Å². The minimum atomic E-state index is -0.623. The Morgan fingerprint density at radius 3 is 2.62 bits per heavy atom. The van der Waals surface area contributed by atoms with E-state index in [9.17, 15) is 9.59 Å². The smallest absolute Gasteiger partial charge is 0.255 e. The standard InChI is InChI=1S/C18H24N4O2/c1-4-15-21-18(17(24)22(15)3)9-7-13(8-10-18)16(23)20-14-6-5-12(2)19-11-14/h5-6,11,13H,4,7-10H2,1-3H3,(H,20,23). The Hall–Kier alpha value is -2.24. The van der Waals surface area contributed by atoms with E-state index in [2.05, 4.69) is 10.3 Å². The number of aliphatic imine (C=N–C) groups is 1. The van der Waals surface area contributed by atoms with Crippen LogP contribution in [0.1, 0.15) is 44.7 Å². The quantitative estimate of drug-likeness (QED) is 0.926. The van der Waals surface area contributed by atoms with E-state index in [0.717, 1.165) is 18.0 Å². The van der Waals surface area contributed by atoms with E-state index >= 15 is 0 Å². The Morgan fingerprint density at radius 1 is 1.38 bits per heavy atom. The zero-order valence-electron chi connectivity index (χ0n) is 14.5. The molecule has 2 amide bonds. The molecular formula is C18H24N4O2. The number of aromatic nitrogens is 1. The highest BCUT2D eigenvalue weighted by Crippen LogP contribution is 2.40. The number of likely N-dealkylation sites (N-methyl/N-ethyl adjacent to an activating group) is 1. The van der Waals surface area contributed by atoms with Crippen LogP contribution in [0.4, 0.5) is 5.69 Å². The first-order valence-electron chi connectivity index (χ1n) is 8.55. The highest BCUT2D eigenvalue weighted by atomic mass is 16.2. The molecule has 6 heteroatoms. The summed E-state index contributed by atoms with van der Waals surface area (Å²) in [5.41, 5.74) is 1.01. The molecule has 1 fully saturated rings. The van der Waals surface area contributed by atoms with Crippen LogP contribution >= 0.6 is 0 Å². The van der Waals surface area contributed by atoms with Crippen molar-refractivity contribution in [2.75, 3.05) is 12.4 Å². The Kier molecular flexibility index (Phi) is 4.39. The number of carbonyl (C=O) groups is 2. The van der Waals surface area contributed by atoms with Crippen LogP contribution in [0.5, 0.6) is 0 Å². The fourth-order valence-electron chi connectivity index (χ4n) is 3.58. The Labute approximate surface area is 142 Å². The molecular weight excluding hydrogens is 304 g/mol. The summed E-state index contributed by atoms with van der Waals surface area (Å²) in [7, 11) is 1.79. The molecule has 3 rings (SSSR count). The van der Waals surface area contributed by atoms with E-state index in [1.54, 1.807) is 18.1 Å². The minimum Gasteiger partial charge on any atom is -0.324 e. The normalized spacial score (nSPS) is 26.6. The molecule has 0 aromatic carbocycles. The molecule has 6 nitrogen and oxygen atoms in total. The van der Waals surface area contributed by atoms with Crippen molar-refractivity contribution in [2.45, 2.75) is 51.5 Å². The maximum atomic E-state index is 12.6. The summed E-state index contributed by atoms with van der Waals surface area (Å²) in [4.78, 5) is 35.6. The highest BCUT2D eigenvalue weighted by molar-refractivity contribution is 6.08. The predicted molar refractivity (Wildman–Crippen MR) is 92.8 cm³/mol.